The fourth-order valence-electron chi connectivity index (χ4n) is 2.43. The summed E-state index contributed by atoms with van der Waals surface area (Å²) in [6.45, 7) is 9.42. The van der Waals surface area contributed by atoms with Crippen LogP contribution < -0.4 is 5.32 Å². The molecule has 0 bridgehead atoms. The minimum Gasteiger partial charge on any atom is -0.390 e. The Bertz CT molecular complexity index is 386. The second-order valence-electron chi connectivity index (χ2n) is 5.04. The van der Waals surface area contributed by atoms with E-state index in [0.29, 0.717) is 13.1 Å². The summed E-state index contributed by atoms with van der Waals surface area (Å²) in [4.78, 5) is 6.76. The van der Waals surface area contributed by atoms with Gasteiger partial charge in [-0.3, -0.25) is 4.90 Å². The van der Waals surface area contributed by atoms with Gasteiger partial charge in [0, 0.05) is 45.6 Å². The van der Waals surface area contributed by atoms with E-state index in [4.69, 9.17) is 0 Å². The van der Waals surface area contributed by atoms with E-state index in [-0.39, 0.29) is 6.10 Å². The van der Waals surface area contributed by atoms with E-state index in [1.807, 2.05) is 4.68 Å². The van der Waals surface area contributed by atoms with E-state index >= 15 is 0 Å². The van der Waals surface area contributed by atoms with Crippen molar-refractivity contribution in [1.82, 2.24) is 25.0 Å². The molecule has 1 aliphatic heterocycles. The average molecular weight is 267 g/mol. The molecule has 2 rings (SSSR count). The lowest BCUT2D eigenvalue weighted by Gasteiger charge is -2.29. The van der Waals surface area contributed by atoms with E-state index in [1.165, 1.54) is 0 Å². The van der Waals surface area contributed by atoms with Crippen LogP contribution in [-0.4, -0.2) is 63.6 Å². The molecule has 0 amide bonds. The zero-order valence-electron chi connectivity index (χ0n) is 12.0. The lowest BCUT2D eigenvalue weighted by atomic mass is 10.3. The molecule has 2 heterocycles. The van der Waals surface area contributed by atoms with Gasteiger partial charge < -0.3 is 10.4 Å². The second-order valence-corrected chi connectivity index (χ2v) is 5.04. The van der Waals surface area contributed by atoms with Gasteiger partial charge in [-0.1, -0.05) is 13.8 Å². The summed E-state index contributed by atoms with van der Waals surface area (Å²) >= 11 is 0. The third kappa shape index (κ3) is 3.99. The Labute approximate surface area is 114 Å². The minimum atomic E-state index is -0.380. The number of aliphatic hydroxyl groups excluding tert-OH is 1. The van der Waals surface area contributed by atoms with Crippen molar-refractivity contribution in [3.05, 3.63) is 11.6 Å². The number of nitrogens with one attached hydrogen (secondary N) is 1. The van der Waals surface area contributed by atoms with Crippen LogP contribution in [-0.2, 0) is 19.4 Å². The highest BCUT2D eigenvalue weighted by molar-refractivity contribution is 4.93. The molecule has 6 nitrogen and oxygen atoms in total. The van der Waals surface area contributed by atoms with Gasteiger partial charge >= 0.3 is 0 Å². The molecule has 0 aliphatic carbocycles. The van der Waals surface area contributed by atoms with E-state index in [1.54, 1.807) is 0 Å². The predicted octanol–water partition coefficient (Wildman–Crippen LogP) is -0.331. The van der Waals surface area contributed by atoms with Crippen molar-refractivity contribution in [3.63, 3.8) is 0 Å². The topological polar surface area (TPSA) is 66.2 Å². The summed E-state index contributed by atoms with van der Waals surface area (Å²) in [7, 11) is 0. The van der Waals surface area contributed by atoms with Crippen LogP contribution in [0.1, 0.15) is 25.5 Å². The maximum atomic E-state index is 10.2. The Hall–Kier alpha value is -0.980. The van der Waals surface area contributed by atoms with Crippen molar-refractivity contribution in [2.45, 2.75) is 39.3 Å². The number of hydrogen-bond acceptors (Lipinski definition) is 5. The van der Waals surface area contributed by atoms with Gasteiger partial charge in [-0.15, -0.1) is 0 Å². The van der Waals surface area contributed by atoms with Gasteiger partial charge in [-0.05, 0) is 0 Å². The van der Waals surface area contributed by atoms with Crippen molar-refractivity contribution < 1.29 is 5.11 Å². The first-order chi connectivity index (χ1) is 9.22. The number of rotatable bonds is 6. The molecule has 108 valence electrons. The highest BCUT2D eigenvalue weighted by atomic mass is 16.3. The van der Waals surface area contributed by atoms with Gasteiger partial charge in [-0.2, -0.15) is 5.10 Å². The number of hydrogen-bond donors (Lipinski definition) is 2. The normalized spacial score (nSPS) is 18.7. The van der Waals surface area contributed by atoms with Crippen LogP contribution in [0.15, 0.2) is 0 Å². The van der Waals surface area contributed by atoms with Crippen LogP contribution >= 0.6 is 0 Å². The van der Waals surface area contributed by atoms with Crippen LogP contribution in [0.4, 0.5) is 0 Å². The van der Waals surface area contributed by atoms with E-state index < -0.39 is 0 Å². The van der Waals surface area contributed by atoms with Crippen LogP contribution in [0, 0.1) is 0 Å². The van der Waals surface area contributed by atoms with Gasteiger partial charge in [0.1, 0.15) is 5.82 Å². The molecule has 19 heavy (non-hydrogen) atoms. The molecular formula is C13H25N5O. The molecule has 1 atom stereocenters. The minimum absolute atomic E-state index is 0.380. The Morgan fingerprint density at radius 2 is 1.95 bits per heavy atom. The molecule has 1 fully saturated rings. The molecule has 1 unspecified atom stereocenters. The van der Waals surface area contributed by atoms with Crippen molar-refractivity contribution in [3.8, 4) is 0 Å². The third-order valence-corrected chi connectivity index (χ3v) is 3.49. The highest BCUT2D eigenvalue weighted by Gasteiger charge is 2.16. The standard InChI is InChI=1S/C13H25N5O/c1-3-12-15-13(4-2)18(16-12)10-11(19)9-17-7-5-14-6-8-17/h11,14,19H,3-10H2,1-2H3. The lowest BCUT2D eigenvalue weighted by Crippen LogP contribution is -2.47. The van der Waals surface area contributed by atoms with Gasteiger partial charge in [0.05, 0.1) is 12.6 Å². The smallest absolute Gasteiger partial charge is 0.150 e. The first-order valence-electron chi connectivity index (χ1n) is 7.26. The van der Waals surface area contributed by atoms with Crippen LogP contribution in [0.2, 0.25) is 0 Å². The molecular weight excluding hydrogens is 242 g/mol. The monoisotopic (exact) mass is 267 g/mol. The average Bonchev–Trinajstić information content (AvgIpc) is 2.82. The maximum Gasteiger partial charge on any atom is 0.150 e. The zero-order valence-corrected chi connectivity index (χ0v) is 12.0. The van der Waals surface area contributed by atoms with E-state index in [0.717, 1.165) is 50.7 Å². The zero-order chi connectivity index (χ0) is 13.7. The third-order valence-electron chi connectivity index (χ3n) is 3.49. The molecule has 2 N–H and O–H groups in total. The SMILES string of the molecule is CCc1nc(CC)n(CC(O)CN2CCNCC2)n1. The van der Waals surface area contributed by atoms with E-state index in [2.05, 4.69) is 34.1 Å². The summed E-state index contributed by atoms with van der Waals surface area (Å²) in [5.41, 5.74) is 0. The maximum absolute atomic E-state index is 10.2. The first kappa shape index (κ1) is 14.4. The largest absolute Gasteiger partial charge is 0.390 e. The van der Waals surface area contributed by atoms with Gasteiger partial charge in [0.25, 0.3) is 0 Å². The second kappa shape index (κ2) is 6.98. The number of aliphatic hydroxyl groups is 1. The van der Waals surface area contributed by atoms with Gasteiger partial charge in [0.2, 0.25) is 0 Å². The molecule has 6 heteroatoms. The molecule has 1 aromatic heterocycles. The van der Waals surface area contributed by atoms with Crippen LogP contribution in [0.25, 0.3) is 0 Å². The lowest BCUT2D eigenvalue weighted by molar-refractivity contribution is 0.0880. The summed E-state index contributed by atoms with van der Waals surface area (Å²) in [5.74, 6) is 1.84. The molecule has 0 radical (unpaired) electrons. The molecule has 0 spiro atoms. The van der Waals surface area contributed by atoms with Crippen LogP contribution in [0.5, 0.6) is 0 Å². The van der Waals surface area contributed by atoms with Gasteiger partial charge in [0.15, 0.2) is 5.82 Å². The molecule has 0 saturated carbocycles. The Balaban J connectivity index is 1.90. The number of nitrogens with zero attached hydrogens (tertiary/aromatic N) is 4. The van der Waals surface area contributed by atoms with Crippen molar-refractivity contribution in [2.24, 2.45) is 0 Å². The van der Waals surface area contributed by atoms with Gasteiger partial charge in [-0.25, -0.2) is 9.67 Å². The fourth-order valence-corrected chi connectivity index (χ4v) is 2.43. The summed E-state index contributed by atoms with van der Waals surface area (Å²) in [6.07, 6.45) is 1.32. The van der Waals surface area contributed by atoms with Crippen molar-refractivity contribution in [1.29, 1.82) is 0 Å². The summed E-state index contributed by atoms with van der Waals surface area (Å²) in [5, 5.41) is 18.0. The first-order valence-corrected chi connectivity index (χ1v) is 7.26. The molecule has 1 aromatic rings. The Kier molecular flexibility index (Phi) is 5.30. The Morgan fingerprint density at radius 1 is 1.21 bits per heavy atom. The summed E-state index contributed by atoms with van der Waals surface area (Å²) in [6, 6.07) is 0. The van der Waals surface area contributed by atoms with Crippen molar-refractivity contribution in [2.75, 3.05) is 32.7 Å². The fraction of sp³-hybridized carbons (Fsp3) is 0.846. The predicted molar refractivity (Wildman–Crippen MR) is 74.1 cm³/mol. The molecule has 0 aromatic carbocycles. The number of aryl methyl sites for hydroxylation is 2. The molecule has 1 saturated heterocycles. The van der Waals surface area contributed by atoms with Crippen molar-refractivity contribution >= 4 is 0 Å². The number of β-amino-alcohol motifs (C(OH)–C–C–N with tert-alkyl or cyclic N) is 1. The highest BCUT2D eigenvalue weighted by Crippen LogP contribution is 2.04. The van der Waals surface area contributed by atoms with E-state index in [9.17, 15) is 5.11 Å². The molecule has 1 aliphatic rings. The summed E-state index contributed by atoms with van der Waals surface area (Å²) < 4.78 is 1.87. The number of aromatic nitrogens is 3. The quantitative estimate of drug-likeness (QED) is 0.739. The number of piperazine rings is 1. The Morgan fingerprint density at radius 3 is 2.58 bits per heavy atom. The van der Waals surface area contributed by atoms with Crippen LogP contribution in [0.3, 0.4) is 0 Å².